The van der Waals surface area contributed by atoms with Gasteiger partial charge in [0.25, 0.3) is 0 Å². The topological polar surface area (TPSA) is 36.4 Å². The molecule has 1 aromatic heterocycles. The van der Waals surface area contributed by atoms with Crippen molar-refractivity contribution in [2.24, 2.45) is 0 Å². The van der Waals surface area contributed by atoms with Gasteiger partial charge in [0.05, 0.1) is 0 Å². The monoisotopic (exact) mass is 330 g/mol. The van der Waals surface area contributed by atoms with E-state index in [1.54, 1.807) is 0 Å². The normalized spacial score (nSPS) is 14.9. The molecular weight excluding hydrogens is 308 g/mol. The summed E-state index contributed by atoms with van der Waals surface area (Å²) in [6.07, 6.45) is 3.43. The lowest BCUT2D eigenvalue weighted by molar-refractivity contribution is 0.219. The van der Waals surface area contributed by atoms with Gasteiger partial charge in [-0.2, -0.15) is 0 Å². The number of aromatic nitrogens is 1. The Balaban J connectivity index is 1.67. The first kappa shape index (κ1) is 15.9. The lowest BCUT2D eigenvalue weighted by Crippen LogP contribution is -2.25. The molecule has 1 aliphatic heterocycles. The van der Waals surface area contributed by atoms with E-state index in [-0.39, 0.29) is 0 Å². The highest BCUT2D eigenvalue weighted by Gasteiger charge is 2.20. The fraction of sp³-hybridized carbons (Fsp3) is 0.227. The number of para-hydroxylation sites is 1. The van der Waals surface area contributed by atoms with Crippen molar-refractivity contribution in [1.29, 1.82) is 0 Å². The zero-order chi connectivity index (χ0) is 17.2. The minimum absolute atomic E-state index is 0.642. The van der Waals surface area contributed by atoms with Crippen molar-refractivity contribution in [3.05, 3.63) is 89.1 Å². The first-order valence-electron chi connectivity index (χ1n) is 8.79. The van der Waals surface area contributed by atoms with Gasteiger partial charge in [0.1, 0.15) is 11.9 Å². The van der Waals surface area contributed by atoms with E-state index in [1.165, 1.54) is 11.3 Å². The van der Waals surface area contributed by atoms with E-state index in [2.05, 4.69) is 40.2 Å². The number of hydrogen-bond acceptors (Lipinski definition) is 3. The van der Waals surface area contributed by atoms with Crippen LogP contribution in [0.2, 0.25) is 0 Å². The maximum atomic E-state index is 10.7. The Hall–Kier alpha value is -2.65. The molecule has 1 atom stereocenters. The number of pyridine rings is 1. The summed E-state index contributed by atoms with van der Waals surface area (Å²) >= 11 is 0. The lowest BCUT2D eigenvalue weighted by Gasteiger charge is -2.31. The van der Waals surface area contributed by atoms with E-state index < -0.39 is 6.10 Å². The molecule has 0 radical (unpaired) electrons. The number of aliphatic hydroxyl groups excluding tert-OH is 1. The molecule has 0 saturated heterocycles. The fourth-order valence-corrected chi connectivity index (χ4v) is 3.57. The van der Waals surface area contributed by atoms with Gasteiger partial charge < -0.3 is 10.0 Å². The highest BCUT2D eigenvalue weighted by Crippen LogP contribution is 2.34. The predicted molar refractivity (Wildman–Crippen MR) is 101 cm³/mol. The number of fused-ring (bicyclic) bond motifs is 1. The van der Waals surface area contributed by atoms with Crippen LogP contribution < -0.4 is 4.90 Å². The number of hydrogen-bond donors (Lipinski definition) is 1. The van der Waals surface area contributed by atoms with Crippen LogP contribution in [0.3, 0.4) is 0 Å². The Labute approximate surface area is 148 Å². The Kier molecular flexibility index (Phi) is 4.24. The molecule has 1 N–H and O–H groups in total. The molecule has 0 bridgehead atoms. The maximum Gasteiger partial charge on any atom is 0.133 e. The van der Waals surface area contributed by atoms with Crippen molar-refractivity contribution < 1.29 is 5.11 Å². The molecule has 25 heavy (non-hydrogen) atoms. The van der Waals surface area contributed by atoms with Crippen molar-refractivity contribution in [2.45, 2.75) is 25.9 Å². The van der Waals surface area contributed by atoms with Gasteiger partial charge in [0.15, 0.2) is 0 Å². The van der Waals surface area contributed by atoms with Crippen LogP contribution in [0.1, 0.15) is 34.8 Å². The van der Waals surface area contributed by atoms with Gasteiger partial charge in [0, 0.05) is 24.0 Å². The fourth-order valence-electron chi connectivity index (χ4n) is 3.57. The molecule has 126 valence electrons. The van der Waals surface area contributed by atoms with Crippen LogP contribution in [-0.2, 0) is 6.42 Å². The summed E-state index contributed by atoms with van der Waals surface area (Å²) in [5.41, 5.74) is 5.44. The molecule has 0 fully saturated rings. The van der Waals surface area contributed by atoms with Crippen molar-refractivity contribution >= 4 is 11.5 Å². The van der Waals surface area contributed by atoms with Gasteiger partial charge in [-0.25, -0.2) is 4.98 Å². The average molecular weight is 330 g/mol. The van der Waals surface area contributed by atoms with Gasteiger partial charge in [-0.3, -0.25) is 0 Å². The molecule has 2 heterocycles. The van der Waals surface area contributed by atoms with Gasteiger partial charge in [-0.1, -0.05) is 48.5 Å². The summed E-state index contributed by atoms with van der Waals surface area (Å²) in [7, 11) is 0. The number of nitrogens with zero attached hydrogens (tertiary/aromatic N) is 2. The van der Waals surface area contributed by atoms with Crippen molar-refractivity contribution in [1.82, 2.24) is 4.98 Å². The van der Waals surface area contributed by atoms with E-state index in [0.717, 1.165) is 41.9 Å². The van der Waals surface area contributed by atoms with Crippen LogP contribution >= 0.6 is 0 Å². The molecule has 1 unspecified atom stereocenters. The van der Waals surface area contributed by atoms with Crippen molar-refractivity contribution in [3.8, 4) is 0 Å². The van der Waals surface area contributed by atoms with Crippen LogP contribution in [0.5, 0.6) is 0 Å². The maximum absolute atomic E-state index is 10.7. The highest BCUT2D eigenvalue weighted by molar-refractivity contribution is 5.66. The van der Waals surface area contributed by atoms with E-state index in [4.69, 9.17) is 0 Å². The van der Waals surface area contributed by atoms with E-state index >= 15 is 0 Å². The van der Waals surface area contributed by atoms with Crippen LogP contribution in [-0.4, -0.2) is 16.6 Å². The van der Waals surface area contributed by atoms with Gasteiger partial charge in [-0.05, 0) is 48.6 Å². The molecule has 2 aromatic carbocycles. The molecule has 0 saturated carbocycles. The summed E-state index contributed by atoms with van der Waals surface area (Å²) in [6.45, 7) is 3.02. The van der Waals surface area contributed by atoms with E-state index in [0.29, 0.717) is 0 Å². The molecular formula is C22H22N2O. The van der Waals surface area contributed by atoms with Gasteiger partial charge in [0.2, 0.25) is 0 Å². The highest BCUT2D eigenvalue weighted by atomic mass is 16.3. The quantitative estimate of drug-likeness (QED) is 0.765. The van der Waals surface area contributed by atoms with E-state index in [9.17, 15) is 5.11 Å². The standard InChI is InChI=1S/C22H22N2O/c1-16-14-21(24-13-7-11-17-8-5-6-12-20(17)24)23-15-19(16)22(25)18-9-3-2-4-10-18/h2-6,8-10,12,14-15,22,25H,7,11,13H2,1H3. The molecule has 3 aromatic rings. The minimum Gasteiger partial charge on any atom is -0.384 e. The lowest BCUT2D eigenvalue weighted by atomic mass is 9.98. The van der Waals surface area contributed by atoms with Crippen LogP contribution in [0.25, 0.3) is 0 Å². The second-order valence-corrected chi connectivity index (χ2v) is 6.60. The summed E-state index contributed by atoms with van der Waals surface area (Å²) in [5.74, 6) is 0.952. The van der Waals surface area contributed by atoms with Gasteiger partial charge in [-0.15, -0.1) is 0 Å². The molecule has 3 nitrogen and oxygen atoms in total. The summed E-state index contributed by atoms with van der Waals surface area (Å²) in [4.78, 5) is 6.96. The number of aryl methyl sites for hydroxylation is 2. The summed E-state index contributed by atoms with van der Waals surface area (Å²) < 4.78 is 0. The first-order valence-corrected chi connectivity index (χ1v) is 8.79. The zero-order valence-electron chi connectivity index (χ0n) is 14.4. The first-order chi connectivity index (χ1) is 12.2. The third kappa shape index (κ3) is 3.03. The zero-order valence-corrected chi connectivity index (χ0v) is 14.4. The third-order valence-electron chi connectivity index (χ3n) is 4.93. The molecule has 0 amide bonds. The predicted octanol–water partition coefficient (Wildman–Crippen LogP) is 4.56. The Bertz CT molecular complexity index is 876. The molecule has 3 heteroatoms. The van der Waals surface area contributed by atoms with Crippen molar-refractivity contribution in [2.75, 3.05) is 11.4 Å². The van der Waals surface area contributed by atoms with Crippen LogP contribution in [0, 0.1) is 6.92 Å². The summed E-state index contributed by atoms with van der Waals surface area (Å²) in [6, 6.07) is 20.4. The molecule has 0 aliphatic carbocycles. The van der Waals surface area contributed by atoms with Crippen molar-refractivity contribution in [3.63, 3.8) is 0 Å². The van der Waals surface area contributed by atoms with Crippen LogP contribution in [0.15, 0.2) is 66.9 Å². The largest absolute Gasteiger partial charge is 0.384 e. The Morgan fingerprint density at radius 1 is 1.04 bits per heavy atom. The average Bonchev–Trinajstić information content (AvgIpc) is 2.67. The third-order valence-corrected chi connectivity index (χ3v) is 4.93. The van der Waals surface area contributed by atoms with Crippen LogP contribution in [0.4, 0.5) is 11.5 Å². The Morgan fingerprint density at radius 3 is 2.60 bits per heavy atom. The molecule has 1 aliphatic rings. The summed E-state index contributed by atoms with van der Waals surface area (Å²) in [5, 5.41) is 10.7. The van der Waals surface area contributed by atoms with Gasteiger partial charge >= 0.3 is 0 Å². The number of aliphatic hydroxyl groups is 1. The van der Waals surface area contributed by atoms with E-state index in [1.807, 2.05) is 43.5 Å². The number of rotatable bonds is 3. The second-order valence-electron chi connectivity index (χ2n) is 6.60. The minimum atomic E-state index is -0.642. The second kappa shape index (κ2) is 6.69. The molecule has 4 rings (SSSR count). The Morgan fingerprint density at radius 2 is 1.80 bits per heavy atom. The number of benzene rings is 2. The SMILES string of the molecule is Cc1cc(N2CCCc3ccccc32)ncc1C(O)c1ccccc1. The smallest absolute Gasteiger partial charge is 0.133 e. The molecule has 0 spiro atoms. The number of anilines is 2.